The van der Waals surface area contributed by atoms with E-state index in [0.29, 0.717) is 18.7 Å². The maximum atomic E-state index is 12.5. The van der Waals surface area contributed by atoms with Gasteiger partial charge in [0.15, 0.2) is 0 Å². The first-order valence-electron chi connectivity index (χ1n) is 6.55. The minimum Gasteiger partial charge on any atom is -0.383 e. The van der Waals surface area contributed by atoms with Crippen molar-refractivity contribution in [1.82, 2.24) is 9.88 Å². The zero-order valence-corrected chi connectivity index (χ0v) is 13.3. The predicted octanol–water partition coefficient (Wildman–Crippen LogP) is 3.12. The molecule has 106 valence electrons. The highest BCUT2D eigenvalue weighted by atomic mass is 79.9. The molecule has 0 saturated heterocycles. The van der Waals surface area contributed by atoms with Gasteiger partial charge in [0.05, 0.1) is 12.2 Å². The number of hydrogen-bond donors (Lipinski definition) is 0. The van der Waals surface area contributed by atoms with E-state index in [1.165, 1.54) is 0 Å². The number of ether oxygens (including phenoxy) is 1. The van der Waals surface area contributed by atoms with E-state index >= 15 is 0 Å². The zero-order chi connectivity index (χ0) is 14.3. The predicted molar refractivity (Wildman–Crippen MR) is 79.2 cm³/mol. The van der Waals surface area contributed by atoms with Crippen LogP contribution in [-0.2, 0) is 4.74 Å². The quantitative estimate of drug-likeness (QED) is 0.722. The Bertz CT molecular complexity index is 391. The summed E-state index contributed by atoms with van der Waals surface area (Å²) in [6.45, 7) is 5.35. The van der Waals surface area contributed by atoms with Gasteiger partial charge in [0.2, 0.25) is 0 Å². The van der Waals surface area contributed by atoms with Crippen molar-refractivity contribution in [2.24, 2.45) is 0 Å². The summed E-state index contributed by atoms with van der Waals surface area (Å²) in [5.74, 6) is 0.0192. The van der Waals surface area contributed by atoms with E-state index in [1.807, 2.05) is 4.90 Å². The van der Waals surface area contributed by atoms with Crippen molar-refractivity contribution < 1.29 is 9.53 Å². The summed E-state index contributed by atoms with van der Waals surface area (Å²) < 4.78 is 5.83. The summed E-state index contributed by atoms with van der Waals surface area (Å²) in [6, 6.07) is 3.82. The Kier molecular flexibility index (Phi) is 7.02. The summed E-state index contributed by atoms with van der Waals surface area (Å²) >= 11 is 3.27. The van der Waals surface area contributed by atoms with Gasteiger partial charge in [-0.1, -0.05) is 13.8 Å². The van der Waals surface area contributed by atoms with Crippen molar-refractivity contribution in [3.8, 4) is 0 Å². The molecule has 1 amide bonds. The summed E-state index contributed by atoms with van der Waals surface area (Å²) in [5.41, 5.74) is 0.617. The fraction of sp³-hybridized carbons (Fsp3) is 0.571. The second kappa shape index (κ2) is 8.27. The van der Waals surface area contributed by atoms with Gasteiger partial charge < -0.3 is 9.64 Å². The molecule has 1 heterocycles. The van der Waals surface area contributed by atoms with Crippen LogP contribution in [0, 0.1) is 0 Å². The van der Waals surface area contributed by atoms with Gasteiger partial charge in [-0.25, -0.2) is 4.98 Å². The average molecular weight is 329 g/mol. The first kappa shape index (κ1) is 16.1. The molecule has 0 saturated carbocycles. The van der Waals surface area contributed by atoms with Crippen LogP contribution in [0.5, 0.6) is 0 Å². The molecule has 0 fully saturated rings. The van der Waals surface area contributed by atoms with E-state index < -0.39 is 0 Å². The minimum atomic E-state index is 0.0192. The number of aromatic nitrogens is 1. The second-order valence-electron chi connectivity index (χ2n) is 4.33. The van der Waals surface area contributed by atoms with E-state index in [1.54, 1.807) is 25.4 Å². The van der Waals surface area contributed by atoms with E-state index in [4.69, 9.17) is 4.74 Å². The van der Waals surface area contributed by atoms with Crippen molar-refractivity contribution >= 4 is 21.8 Å². The molecule has 0 unspecified atom stereocenters. The molecule has 0 bridgehead atoms. The van der Waals surface area contributed by atoms with Crippen LogP contribution in [0.1, 0.15) is 37.0 Å². The molecule has 0 aliphatic heterocycles. The van der Waals surface area contributed by atoms with E-state index in [2.05, 4.69) is 34.8 Å². The van der Waals surface area contributed by atoms with E-state index in [-0.39, 0.29) is 11.9 Å². The molecule has 1 aromatic heterocycles. The Hall–Kier alpha value is -0.940. The Morgan fingerprint density at radius 1 is 1.42 bits per heavy atom. The minimum absolute atomic E-state index is 0.0192. The molecule has 19 heavy (non-hydrogen) atoms. The molecule has 0 radical (unpaired) electrons. The number of amides is 1. The van der Waals surface area contributed by atoms with Gasteiger partial charge in [0.1, 0.15) is 4.60 Å². The number of methoxy groups -OCH3 is 1. The molecule has 1 rings (SSSR count). The third-order valence-electron chi connectivity index (χ3n) is 3.15. The molecule has 1 aromatic rings. The van der Waals surface area contributed by atoms with E-state index in [9.17, 15) is 4.79 Å². The lowest BCUT2D eigenvalue weighted by molar-refractivity contribution is 0.0589. The van der Waals surface area contributed by atoms with E-state index in [0.717, 1.165) is 17.4 Å². The number of hydrogen-bond acceptors (Lipinski definition) is 3. The highest BCUT2D eigenvalue weighted by Crippen LogP contribution is 2.14. The Morgan fingerprint density at radius 3 is 2.58 bits per heavy atom. The van der Waals surface area contributed by atoms with Gasteiger partial charge in [-0.3, -0.25) is 4.79 Å². The first-order valence-corrected chi connectivity index (χ1v) is 7.34. The summed E-state index contributed by atoms with van der Waals surface area (Å²) in [5, 5.41) is 0. The molecular formula is C14H21BrN2O2. The summed E-state index contributed by atoms with van der Waals surface area (Å²) in [6.07, 6.45) is 3.49. The summed E-state index contributed by atoms with van der Waals surface area (Å²) in [4.78, 5) is 18.5. The van der Waals surface area contributed by atoms with Crippen molar-refractivity contribution in [2.45, 2.75) is 32.7 Å². The molecule has 0 aromatic carbocycles. The van der Waals surface area contributed by atoms with Crippen LogP contribution < -0.4 is 0 Å². The van der Waals surface area contributed by atoms with Gasteiger partial charge in [0, 0.05) is 25.9 Å². The first-order chi connectivity index (χ1) is 9.13. The molecule has 0 aliphatic carbocycles. The van der Waals surface area contributed by atoms with Crippen LogP contribution >= 0.6 is 15.9 Å². The lowest BCUT2D eigenvalue weighted by atomic mass is 10.1. The number of pyridine rings is 1. The molecule has 5 heteroatoms. The number of halogens is 1. The van der Waals surface area contributed by atoms with Crippen molar-refractivity contribution in [2.75, 3.05) is 20.3 Å². The third-order valence-corrected chi connectivity index (χ3v) is 3.62. The smallest absolute Gasteiger partial charge is 0.255 e. The van der Waals surface area contributed by atoms with Gasteiger partial charge in [-0.05, 0) is 40.9 Å². The fourth-order valence-electron chi connectivity index (χ4n) is 2.04. The molecule has 0 aliphatic rings. The molecule has 0 spiro atoms. The molecule has 0 N–H and O–H groups in total. The monoisotopic (exact) mass is 328 g/mol. The topological polar surface area (TPSA) is 42.4 Å². The Morgan fingerprint density at radius 2 is 2.11 bits per heavy atom. The highest BCUT2D eigenvalue weighted by molar-refractivity contribution is 9.10. The third kappa shape index (κ3) is 4.58. The molecular weight excluding hydrogens is 308 g/mol. The van der Waals surface area contributed by atoms with Crippen molar-refractivity contribution in [3.05, 3.63) is 28.5 Å². The van der Waals surface area contributed by atoms with Crippen LogP contribution in [0.4, 0.5) is 0 Å². The maximum absolute atomic E-state index is 12.5. The highest BCUT2D eigenvalue weighted by Gasteiger charge is 2.22. The number of rotatable bonds is 7. The fourth-order valence-corrected chi connectivity index (χ4v) is 2.27. The van der Waals surface area contributed by atoms with Crippen LogP contribution in [0.25, 0.3) is 0 Å². The number of nitrogens with zero attached hydrogens (tertiary/aromatic N) is 2. The SMILES string of the molecule is CCC(CC)N(CCOC)C(=O)c1ccc(Br)nc1. The van der Waals surface area contributed by atoms with Gasteiger partial charge in [-0.15, -0.1) is 0 Å². The lowest BCUT2D eigenvalue weighted by Gasteiger charge is -2.30. The lowest BCUT2D eigenvalue weighted by Crippen LogP contribution is -2.41. The summed E-state index contributed by atoms with van der Waals surface area (Å²) in [7, 11) is 1.65. The molecule has 4 nitrogen and oxygen atoms in total. The Labute approximate surface area is 123 Å². The van der Waals surface area contributed by atoms with Crippen molar-refractivity contribution in [3.63, 3.8) is 0 Å². The van der Waals surface area contributed by atoms with Crippen LogP contribution in [0.3, 0.4) is 0 Å². The van der Waals surface area contributed by atoms with Crippen molar-refractivity contribution in [1.29, 1.82) is 0 Å². The van der Waals surface area contributed by atoms with Gasteiger partial charge in [0.25, 0.3) is 5.91 Å². The zero-order valence-electron chi connectivity index (χ0n) is 11.7. The largest absolute Gasteiger partial charge is 0.383 e. The number of carbonyl (C=O) groups is 1. The standard InChI is InChI=1S/C14H21BrN2O2/c1-4-12(5-2)17(8-9-19-3)14(18)11-6-7-13(15)16-10-11/h6-7,10,12H,4-5,8-9H2,1-3H3. The second-order valence-corrected chi connectivity index (χ2v) is 5.14. The van der Waals surface area contributed by atoms with Crippen LogP contribution in [0.2, 0.25) is 0 Å². The Balaban J connectivity index is 2.89. The van der Waals surface area contributed by atoms with Crippen LogP contribution in [0.15, 0.2) is 22.9 Å². The normalized spacial score (nSPS) is 10.8. The molecule has 0 atom stereocenters. The van der Waals surface area contributed by atoms with Gasteiger partial charge in [-0.2, -0.15) is 0 Å². The van der Waals surface area contributed by atoms with Crippen LogP contribution in [-0.4, -0.2) is 42.1 Å². The maximum Gasteiger partial charge on any atom is 0.255 e. The van der Waals surface area contributed by atoms with Gasteiger partial charge >= 0.3 is 0 Å². The number of carbonyl (C=O) groups excluding carboxylic acids is 1. The average Bonchev–Trinajstić information content (AvgIpc) is 2.43.